The van der Waals surface area contributed by atoms with Gasteiger partial charge in [-0.3, -0.25) is 9.88 Å². The minimum atomic E-state index is -0.0336. The van der Waals surface area contributed by atoms with E-state index in [0.29, 0.717) is 26.1 Å². The molecule has 0 aliphatic carbocycles. The molecular weight excluding hydrogens is 254 g/mol. The maximum absolute atomic E-state index is 12.7. The lowest BCUT2D eigenvalue weighted by Gasteiger charge is -2.33. The molecule has 0 atom stereocenters. The molecule has 1 aromatic rings. The smallest absolute Gasteiger partial charge is 0.324 e. The van der Waals surface area contributed by atoms with E-state index in [1.165, 1.54) is 0 Å². The van der Waals surface area contributed by atoms with Crippen molar-refractivity contribution in [3.05, 3.63) is 31.5 Å². The summed E-state index contributed by atoms with van der Waals surface area (Å²) in [4.78, 5) is 20.3. The molecule has 0 fully saturated rings. The molecule has 5 heteroatoms. The van der Waals surface area contributed by atoms with Crippen molar-refractivity contribution >= 4 is 11.7 Å². The molecule has 1 heterocycles. The third kappa shape index (κ3) is 4.49. The van der Waals surface area contributed by atoms with E-state index in [-0.39, 0.29) is 12.1 Å². The van der Waals surface area contributed by atoms with Crippen LogP contribution in [0, 0.1) is 6.92 Å². The Kier molecular flexibility index (Phi) is 7.01. The summed E-state index contributed by atoms with van der Waals surface area (Å²) in [6.07, 6.45) is 4.04. The summed E-state index contributed by atoms with van der Waals surface area (Å²) < 4.78 is 5.08. The molecule has 5 nitrogen and oxygen atoms in total. The number of carbonyl (C=O) groups excluding carboxylic acids is 1. The fourth-order valence-corrected chi connectivity index (χ4v) is 1.93. The molecule has 0 spiro atoms. The minimum absolute atomic E-state index is 0.0336. The molecule has 1 rings (SSSR count). The monoisotopic (exact) mass is 278 g/mol. The zero-order valence-electron chi connectivity index (χ0n) is 12.6. The average Bonchev–Trinajstić information content (AvgIpc) is 2.45. The first-order valence-electron chi connectivity index (χ1n) is 6.88. The normalized spacial score (nSPS) is 10.7. The van der Waals surface area contributed by atoms with Gasteiger partial charge in [0.1, 0.15) is 0 Å². The van der Waals surface area contributed by atoms with Gasteiger partial charge < -0.3 is 9.64 Å². The fourth-order valence-electron chi connectivity index (χ4n) is 1.93. The second-order valence-electron chi connectivity index (χ2n) is 4.78. The summed E-state index contributed by atoms with van der Waals surface area (Å²) in [6.45, 7) is 9.50. The summed E-state index contributed by atoms with van der Waals surface area (Å²) >= 11 is 0. The number of ether oxygens (including phenoxy) is 1. The predicted molar refractivity (Wildman–Crippen MR) is 80.7 cm³/mol. The minimum Gasteiger partial charge on any atom is -0.383 e. The number of anilines is 1. The number of methoxy groups -OCH3 is 1. The van der Waals surface area contributed by atoms with E-state index < -0.39 is 0 Å². The van der Waals surface area contributed by atoms with Crippen LogP contribution in [0.15, 0.2) is 24.5 Å². The van der Waals surface area contributed by atoms with Gasteiger partial charge in [0.2, 0.25) is 0 Å². The van der Waals surface area contributed by atoms with Crippen LogP contribution in [0.5, 0.6) is 0 Å². The Bertz CT molecular complexity index is 395. The molecular formula is C15H24N3O2. The molecule has 0 N–H and O–H groups in total. The van der Waals surface area contributed by atoms with Gasteiger partial charge in [0.05, 0.1) is 18.5 Å². The summed E-state index contributed by atoms with van der Waals surface area (Å²) in [7, 11) is 1.64. The van der Waals surface area contributed by atoms with Crippen LogP contribution < -0.4 is 4.90 Å². The van der Waals surface area contributed by atoms with Crippen molar-refractivity contribution in [3.8, 4) is 0 Å². The average molecular weight is 278 g/mol. The number of amides is 2. The van der Waals surface area contributed by atoms with Crippen LogP contribution in [-0.2, 0) is 4.74 Å². The van der Waals surface area contributed by atoms with Crippen molar-refractivity contribution in [2.45, 2.75) is 26.3 Å². The highest BCUT2D eigenvalue weighted by Gasteiger charge is 2.23. The summed E-state index contributed by atoms with van der Waals surface area (Å²) in [5, 5.41) is 0. The van der Waals surface area contributed by atoms with E-state index >= 15 is 0 Å². The van der Waals surface area contributed by atoms with Gasteiger partial charge >= 0.3 is 6.03 Å². The molecule has 111 valence electrons. The van der Waals surface area contributed by atoms with E-state index in [4.69, 9.17) is 4.74 Å². The highest BCUT2D eigenvalue weighted by molar-refractivity contribution is 5.92. The summed E-state index contributed by atoms with van der Waals surface area (Å²) in [6, 6.07) is 3.79. The Morgan fingerprint density at radius 1 is 1.45 bits per heavy atom. The maximum atomic E-state index is 12.7. The Balaban J connectivity index is 2.91. The van der Waals surface area contributed by atoms with Gasteiger partial charge in [0.15, 0.2) is 0 Å². The first kappa shape index (κ1) is 16.4. The number of hydrogen-bond donors (Lipinski definition) is 0. The Morgan fingerprint density at radius 2 is 2.20 bits per heavy atom. The van der Waals surface area contributed by atoms with Crippen LogP contribution in [0.2, 0.25) is 0 Å². The second-order valence-corrected chi connectivity index (χ2v) is 4.78. The highest BCUT2D eigenvalue weighted by atomic mass is 16.5. The Morgan fingerprint density at radius 3 is 2.70 bits per heavy atom. The predicted octanol–water partition coefficient (Wildman–Crippen LogP) is 2.59. The van der Waals surface area contributed by atoms with Crippen molar-refractivity contribution in [2.24, 2.45) is 0 Å². The van der Waals surface area contributed by atoms with Gasteiger partial charge in [0.25, 0.3) is 0 Å². The number of carbonyl (C=O) groups is 1. The van der Waals surface area contributed by atoms with Gasteiger partial charge in [-0.05, 0) is 32.4 Å². The molecule has 0 unspecified atom stereocenters. The molecule has 1 aromatic heterocycles. The second kappa shape index (κ2) is 8.53. The van der Waals surface area contributed by atoms with Crippen LogP contribution in [0.25, 0.3) is 0 Å². The SMILES string of the molecule is [CH2]CCN(C(=O)N(CCOC)C(C)C)c1cccnc1. The lowest BCUT2D eigenvalue weighted by molar-refractivity contribution is 0.139. The number of nitrogens with zero attached hydrogens (tertiary/aromatic N) is 3. The zero-order valence-corrected chi connectivity index (χ0v) is 12.6. The quantitative estimate of drug-likeness (QED) is 0.770. The number of rotatable bonds is 7. The van der Waals surface area contributed by atoms with Crippen molar-refractivity contribution in [1.82, 2.24) is 9.88 Å². The molecule has 1 radical (unpaired) electrons. The third-order valence-corrected chi connectivity index (χ3v) is 2.98. The van der Waals surface area contributed by atoms with E-state index in [2.05, 4.69) is 11.9 Å². The number of hydrogen-bond acceptors (Lipinski definition) is 3. The molecule has 0 aromatic carbocycles. The largest absolute Gasteiger partial charge is 0.383 e. The van der Waals surface area contributed by atoms with Crippen LogP contribution in [0.4, 0.5) is 10.5 Å². The van der Waals surface area contributed by atoms with Gasteiger partial charge in [-0.2, -0.15) is 0 Å². The zero-order chi connectivity index (χ0) is 15.0. The summed E-state index contributed by atoms with van der Waals surface area (Å²) in [5.74, 6) is 0. The van der Waals surface area contributed by atoms with E-state index in [1.54, 1.807) is 29.3 Å². The standard InChI is InChI=1S/C15H24N3O2/c1-5-9-18(14-7-6-8-16-12-14)15(19)17(13(2)3)10-11-20-4/h6-8,12-13H,1,5,9-11H2,2-4H3. The van der Waals surface area contributed by atoms with E-state index in [9.17, 15) is 4.79 Å². The van der Waals surface area contributed by atoms with Crippen molar-refractivity contribution in [2.75, 3.05) is 31.7 Å². The number of aromatic nitrogens is 1. The molecule has 0 aliphatic heterocycles. The lowest BCUT2D eigenvalue weighted by atomic mass is 10.3. The first-order valence-corrected chi connectivity index (χ1v) is 6.88. The third-order valence-electron chi connectivity index (χ3n) is 2.98. The number of urea groups is 1. The Labute approximate surface area is 121 Å². The van der Waals surface area contributed by atoms with Gasteiger partial charge in [0, 0.05) is 32.4 Å². The van der Waals surface area contributed by atoms with Gasteiger partial charge in [-0.25, -0.2) is 4.79 Å². The molecule has 20 heavy (non-hydrogen) atoms. The van der Waals surface area contributed by atoms with Crippen LogP contribution in [-0.4, -0.2) is 48.8 Å². The van der Waals surface area contributed by atoms with Gasteiger partial charge in [-0.15, -0.1) is 0 Å². The first-order chi connectivity index (χ1) is 9.61. The molecule has 0 saturated carbocycles. The number of pyridine rings is 1. The lowest BCUT2D eigenvalue weighted by Crippen LogP contribution is -2.48. The molecule has 0 bridgehead atoms. The molecule has 0 saturated heterocycles. The fraction of sp³-hybridized carbons (Fsp3) is 0.533. The Hall–Kier alpha value is -1.62. The maximum Gasteiger partial charge on any atom is 0.324 e. The van der Waals surface area contributed by atoms with Crippen molar-refractivity contribution < 1.29 is 9.53 Å². The van der Waals surface area contributed by atoms with Crippen LogP contribution in [0.3, 0.4) is 0 Å². The van der Waals surface area contributed by atoms with Crippen molar-refractivity contribution in [1.29, 1.82) is 0 Å². The molecule has 0 aliphatic rings. The topological polar surface area (TPSA) is 45.7 Å². The van der Waals surface area contributed by atoms with Crippen molar-refractivity contribution in [3.63, 3.8) is 0 Å². The highest BCUT2D eigenvalue weighted by Crippen LogP contribution is 2.16. The summed E-state index contributed by atoms with van der Waals surface area (Å²) in [5.41, 5.74) is 0.796. The van der Waals surface area contributed by atoms with Crippen LogP contribution in [0.1, 0.15) is 20.3 Å². The van der Waals surface area contributed by atoms with E-state index in [1.807, 2.05) is 26.0 Å². The van der Waals surface area contributed by atoms with E-state index in [0.717, 1.165) is 5.69 Å². The van der Waals surface area contributed by atoms with Gasteiger partial charge in [-0.1, -0.05) is 6.92 Å². The van der Waals surface area contributed by atoms with Crippen LogP contribution >= 0.6 is 0 Å². The molecule has 2 amide bonds.